The molecule has 1 aliphatic rings. The van der Waals surface area contributed by atoms with Crippen molar-refractivity contribution in [2.24, 2.45) is 0 Å². The van der Waals surface area contributed by atoms with E-state index in [1.165, 1.54) is 0 Å². The fraction of sp³-hybridized carbons (Fsp3) is 0.625. The average Bonchev–Trinajstić information content (AvgIpc) is 1.81. The Kier molecular flexibility index (Phi) is 1.92. The van der Waals surface area contributed by atoms with Gasteiger partial charge in [-0.15, -0.1) is 0 Å². The lowest BCUT2D eigenvalue weighted by molar-refractivity contribution is -0.121. The van der Waals surface area contributed by atoms with E-state index < -0.39 is 8.07 Å². The maximum atomic E-state index is 11.0. The van der Waals surface area contributed by atoms with Gasteiger partial charge in [0.15, 0.2) is 0 Å². The lowest BCUT2D eigenvalue weighted by Gasteiger charge is -2.39. The predicted octanol–water partition coefficient (Wildman–Crippen LogP) is 1.31. The first kappa shape index (κ1) is 8.52. The predicted molar refractivity (Wildman–Crippen MR) is 49.0 cm³/mol. The summed E-state index contributed by atoms with van der Waals surface area (Å²) >= 11 is 0. The van der Waals surface area contributed by atoms with Crippen LogP contribution in [0, 0.1) is 0 Å². The standard InChI is InChI=1S/C8H15NOSi/c1-5-6-7(10)9-8(6)11(2,3)4/h5,8H,1-4H3,(H,9,10). The van der Waals surface area contributed by atoms with Crippen molar-refractivity contribution in [3.8, 4) is 0 Å². The van der Waals surface area contributed by atoms with Crippen molar-refractivity contribution in [2.75, 3.05) is 0 Å². The first-order valence-electron chi connectivity index (χ1n) is 3.94. The molecule has 1 atom stereocenters. The average molecular weight is 169 g/mol. The molecule has 1 amide bonds. The fourth-order valence-electron chi connectivity index (χ4n) is 1.33. The quantitative estimate of drug-likeness (QED) is 0.358. The van der Waals surface area contributed by atoms with Gasteiger partial charge in [-0.25, -0.2) is 0 Å². The highest BCUT2D eigenvalue weighted by molar-refractivity contribution is 6.79. The molecular formula is C8H15NOSi. The van der Waals surface area contributed by atoms with E-state index >= 15 is 0 Å². The minimum absolute atomic E-state index is 0.125. The van der Waals surface area contributed by atoms with Gasteiger partial charge in [-0.1, -0.05) is 25.7 Å². The SMILES string of the molecule is CC=C1C(=O)NC1[Si](C)(C)C. The fourth-order valence-corrected chi connectivity index (χ4v) is 3.12. The summed E-state index contributed by atoms with van der Waals surface area (Å²) in [7, 11) is -1.20. The Labute approximate surface area is 68.7 Å². The summed E-state index contributed by atoms with van der Waals surface area (Å²) in [4.78, 5) is 11.0. The zero-order chi connectivity index (χ0) is 8.65. The molecule has 1 fully saturated rings. The van der Waals surface area contributed by atoms with Gasteiger partial charge in [-0.2, -0.15) is 0 Å². The molecule has 11 heavy (non-hydrogen) atoms. The number of hydrogen-bond acceptors (Lipinski definition) is 1. The normalized spacial score (nSPS) is 28.2. The first-order valence-corrected chi connectivity index (χ1v) is 7.51. The maximum Gasteiger partial charge on any atom is 0.248 e. The molecule has 3 heteroatoms. The van der Waals surface area contributed by atoms with Crippen molar-refractivity contribution in [3.63, 3.8) is 0 Å². The molecule has 0 aromatic rings. The number of carbonyl (C=O) groups is 1. The molecular weight excluding hydrogens is 154 g/mol. The van der Waals surface area contributed by atoms with E-state index in [2.05, 4.69) is 25.0 Å². The van der Waals surface area contributed by atoms with Crippen molar-refractivity contribution >= 4 is 14.0 Å². The van der Waals surface area contributed by atoms with Gasteiger partial charge in [-0.05, 0) is 6.92 Å². The summed E-state index contributed by atoms with van der Waals surface area (Å²) < 4.78 is 0. The monoisotopic (exact) mass is 169 g/mol. The van der Waals surface area contributed by atoms with E-state index in [0.29, 0.717) is 5.67 Å². The molecule has 1 heterocycles. The van der Waals surface area contributed by atoms with Crippen LogP contribution in [0.15, 0.2) is 11.6 Å². The van der Waals surface area contributed by atoms with Crippen LogP contribution in [0.2, 0.25) is 19.6 Å². The number of amides is 1. The van der Waals surface area contributed by atoms with Gasteiger partial charge in [0.1, 0.15) is 0 Å². The lowest BCUT2D eigenvalue weighted by Crippen LogP contribution is -2.62. The Morgan fingerprint density at radius 3 is 2.18 bits per heavy atom. The number of carbonyl (C=O) groups excluding carboxylic acids is 1. The Balaban J connectivity index is 2.74. The van der Waals surface area contributed by atoms with Crippen molar-refractivity contribution in [3.05, 3.63) is 11.6 Å². The molecule has 0 aromatic heterocycles. The van der Waals surface area contributed by atoms with Crippen LogP contribution in [0.5, 0.6) is 0 Å². The van der Waals surface area contributed by atoms with Crippen LogP contribution in [0.25, 0.3) is 0 Å². The lowest BCUT2D eigenvalue weighted by atomic mass is 10.1. The van der Waals surface area contributed by atoms with Crippen LogP contribution in [-0.2, 0) is 4.79 Å². The smallest absolute Gasteiger partial charge is 0.248 e. The Bertz CT molecular complexity index is 215. The van der Waals surface area contributed by atoms with Crippen LogP contribution in [0.1, 0.15) is 6.92 Å². The molecule has 1 unspecified atom stereocenters. The third kappa shape index (κ3) is 1.38. The summed E-state index contributed by atoms with van der Waals surface area (Å²) in [6, 6.07) is 0. The summed E-state index contributed by atoms with van der Waals surface area (Å²) in [6.45, 7) is 8.73. The molecule has 0 aliphatic carbocycles. The van der Waals surface area contributed by atoms with E-state index in [1.54, 1.807) is 0 Å². The molecule has 1 N–H and O–H groups in total. The number of hydrogen-bond donors (Lipinski definition) is 1. The zero-order valence-corrected chi connectivity index (χ0v) is 8.56. The first-order chi connectivity index (χ1) is 4.96. The minimum Gasteiger partial charge on any atom is -0.348 e. The van der Waals surface area contributed by atoms with Crippen LogP contribution in [0.4, 0.5) is 0 Å². The van der Waals surface area contributed by atoms with E-state index in [9.17, 15) is 4.79 Å². The van der Waals surface area contributed by atoms with Gasteiger partial charge in [0, 0.05) is 5.57 Å². The van der Waals surface area contributed by atoms with Crippen molar-refractivity contribution in [2.45, 2.75) is 32.2 Å². The minimum atomic E-state index is -1.20. The third-order valence-corrected chi connectivity index (χ3v) is 4.21. The van der Waals surface area contributed by atoms with Gasteiger partial charge in [0.2, 0.25) is 5.91 Å². The van der Waals surface area contributed by atoms with Crippen molar-refractivity contribution in [1.29, 1.82) is 0 Å². The molecule has 2 nitrogen and oxygen atoms in total. The molecule has 0 saturated carbocycles. The molecule has 0 aromatic carbocycles. The molecule has 1 saturated heterocycles. The molecule has 1 aliphatic heterocycles. The van der Waals surface area contributed by atoms with Gasteiger partial charge >= 0.3 is 0 Å². The maximum absolute atomic E-state index is 11.0. The summed E-state index contributed by atoms with van der Waals surface area (Å²) in [5.41, 5.74) is 1.38. The number of allylic oxidation sites excluding steroid dienone is 1. The van der Waals surface area contributed by atoms with Crippen LogP contribution >= 0.6 is 0 Å². The van der Waals surface area contributed by atoms with E-state index in [4.69, 9.17) is 0 Å². The van der Waals surface area contributed by atoms with E-state index in [-0.39, 0.29) is 5.91 Å². The Hall–Kier alpha value is -0.573. The summed E-state index contributed by atoms with van der Waals surface area (Å²) in [5, 5.41) is 2.94. The third-order valence-electron chi connectivity index (χ3n) is 2.03. The molecule has 62 valence electrons. The number of rotatable bonds is 1. The topological polar surface area (TPSA) is 29.1 Å². The zero-order valence-electron chi connectivity index (χ0n) is 7.56. The number of β-lactam (4-membered cyclic amide) rings is 1. The summed E-state index contributed by atoms with van der Waals surface area (Å²) in [6.07, 6.45) is 1.93. The highest BCUT2D eigenvalue weighted by Crippen LogP contribution is 2.23. The largest absolute Gasteiger partial charge is 0.348 e. The van der Waals surface area contributed by atoms with Crippen LogP contribution in [0.3, 0.4) is 0 Å². The van der Waals surface area contributed by atoms with Crippen LogP contribution in [-0.4, -0.2) is 19.6 Å². The molecule has 0 radical (unpaired) electrons. The Morgan fingerprint density at radius 1 is 1.45 bits per heavy atom. The van der Waals surface area contributed by atoms with Gasteiger partial charge < -0.3 is 5.32 Å². The van der Waals surface area contributed by atoms with Gasteiger partial charge in [0.05, 0.1) is 13.7 Å². The second-order valence-corrected chi connectivity index (χ2v) is 9.33. The Morgan fingerprint density at radius 2 is 2.00 bits per heavy atom. The second-order valence-electron chi connectivity index (χ2n) is 4.02. The van der Waals surface area contributed by atoms with Crippen molar-refractivity contribution < 1.29 is 4.79 Å². The van der Waals surface area contributed by atoms with Crippen LogP contribution < -0.4 is 5.32 Å². The summed E-state index contributed by atoms with van der Waals surface area (Å²) in [5.74, 6) is 0.125. The highest BCUT2D eigenvalue weighted by atomic mass is 28.3. The molecule has 0 bridgehead atoms. The van der Waals surface area contributed by atoms with Gasteiger partial charge in [0.25, 0.3) is 0 Å². The van der Waals surface area contributed by atoms with E-state index in [1.807, 2.05) is 13.0 Å². The second kappa shape index (κ2) is 2.48. The number of nitrogens with one attached hydrogen (secondary N) is 1. The van der Waals surface area contributed by atoms with Gasteiger partial charge in [-0.3, -0.25) is 4.79 Å². The highest BCUT2D eigenvalue weighted by Gasteiger charge is 2.41. The van der Waals surface area contributed by atoms with E-state index in [0.717, 1.165) is 5.57 Å². The van der Waals surface area contributed by atoms with Crippen molar-refractivity contribution in [1.82, 2.24) is 5.32 Å². The molecule has 1 rings (SSSR count). The molecule has 0 spiro atoms.